The number of phosphoric acid groups is 2. The van der Waals surface area contributed by atoms with Gasteiger partial charge in [-0.1, -0.05) is 0 Å². The molecule has 0 aromatic carbocycles. The van der Waals surface area contributed by atoms with Gasteiger partial charge in [0.05, 0.1) is 12.9 Å². The minimum atomic E-state index is -5.54. The Kier molecular flexibility index (Phi) is 6.53. The third kappa shape index (κ3) is 5.15. The lowest BCUT2D eigenvalue weighted by atomic mass is 10.1. The van der Waals surface area contributed by atoms with E-state index < -0.39 is 69.5 Å². The van der Waals surface area contributed by atoms with Crippen LogP contribution in [0.3, 0.4) is 0 Å². The number of nitrogen functional groups attached to an aromatic ring is 2. The third-order valence-electron chi connectivity index (χ3n) is 5.25. The molecule has 0 aliphatic carbocycles. The van der Waals surface area contributed by atoms with Crippen LogP contribution in [-0.4, -0.2) is 84.1 Å². The molecule has 5 rings (SSSR count). The van der Waals surface area contributed by atoms with Crippen molar-refractivity contribution in [3.05, 3.63) is 33.4 Å². The van der Waals surface area contributed by atoms with Gasteiger partial charge in [0.15, 0.2) is 22.9 Å². The molecule has 4 aromatic rings. The highest BCUT2D eigenvalue weighted by atomic mass is 31.3. The van der Waals surface area contributed by atoms with Gasteiger partial charge in [0, 0.05) is 0 Å². The molecule has 5 heterocycles. The Morgan fingerprint density at radius 3 is 2.21 bits per heavy atom. The molecule has 0 radical (unpaired) electrons. The Labute approximate surface area is 213 Å². The van der Waals surface area contributed by atoms with Crippen molar-refractivity contribution in [1.82, 2.24) is 39.2 Å². The molecular weight excluding hydrogens is 574 g/mol. The van der Waals surface area contributed by atoms with E-state index in [1.54, 1.807) is 0 Å². The van der Waals surface area contributed by atoms with Gasteiger partial charge >= 0.3 is 15.6 Å². The zero-order chi connectivity index (χ0) is 28.3. The quantitative estimate of drug-likeness (QED) is 0.0928. The number of rotatable bonds is 8. The number of anilines is 2. The van der Waals surface area contributed by atoms with E-state index in [0.717, 1.165) is 17.2 Å². The van der Waals surface area contributed by atoms with E-state index in [0.29, 0.717) is 4.73 Å². The fraction of sp³-hybridized carbons (Fsp3) is 0.333. The second-order valence-electron chi connectivity index (χ2n) is 7.91. The summed E-state index contributed by atoms with van der Waals surface area (Å²) in [5.41, 5.74) is 8.54. The molecule has 1 aliphatic rings. The van der Waals surface area contributed by atoms with Crippen LogP contribution in [0.5, 0.6) is 0 Å². The predicted octanol–water partition coefficient (Wildman–Crippen LogP) is -3.30. The van der Waals surface area contributed by atoms with E-state index in [4.69, 9.17) is 25.4 Å². The van der Waals surface area contributed by atoms with Crippen LogP contribution in [0.4, 0.5) is 11.9 Å². The molecule has 4 aromatic heterocycles. The number of imidazole rings is 2. The molecular formula is C15H18N10O12P2. The first-order valence-electron chi connectivity index (χ1n) is 10.4. The summed E-state index contributed by atoms with van der Waals surface area (Å²) in [7, 11) is -10.8. The van der Waals surface area contributed by atoms with Gasteiger partial charge in [0.2, 0.25) is 17.5 Å². The van der Waals surface area contributed by atoms with E-state index in [-0.39, 0.29) is 22.6 Å². The van der Waals surface area contributed by atoms with Crippen LogP contribution in [0.25, 0.3) is 22.3 Å². The van der Waals surface area contributed by atoms with Crippen molar-refractivity contribution in [2.24, 2.45) is 0 Å². The zero-order valence-corrected chi connectivity index (χ0v) is 20.7. The van der Waals surface area contributed by atoms with Gasteiger partial charge in [-0.2, -0.15) is 14.3 Å². The fourth-order valence-electron chi connectivity index (χ4n) is 3.66. The Bertz CT molecular complexity index is 1780. The minimum absolute atomic E-state index is 0.0957. The number of nitrogens with one attached hydrogen (secondary N) is 2. The number of H-pyrrole nitrogens is 2. The summed E-state index contributed by atoms with van der Waals surface area (Å²) in [6.45, 7) is -0.933. The van der Waals surface area contributed by atoms with E-state index in [9.17, 15) is 38.7 Å². The highest BCUT2D eigenvalue weighted by Crippen LogP contribution is 2.59. The lowest BCUT2D eigenvalue weighted by molar-refractivity contribution is -0.0514. The standard InChI is InChI=1S/C15H18N10O12P2/c16-14-20-9-5(11(28)22-14)18-2-24(9)13-8(27)7(26)4(35-13)1-34-39(33,37-38(30,31)32)36-25-3-19-6-10(25)21-15(17)23-12(6)29/h2-4,7-8,13,26-27H,1H2,(H2,30,31,32)(H3,16,20,22,28)(H3,17,21,23,29)/t4-,7?,8?,13-,39?/m1/s1. The number of hydrogen-bond acceptors (Lipinski definition) is 16. The molecule has 3 unspecified atom stereocenters. The average Bonchev–Trinajstić information content (AvgIpc) is 3.49. The maximum absolute atomic E-state index is 13.2. The van der Waals surface area contributed by atoms with Crippen molar-refractivity contribution in [3.8, 4) is 0 Å². The highest BCUT2D eigenvalue weighted by Gasteiger charge is 2.47. The number of aromatic nitrogens is 8. The topological polar surface area (TPSA) is 331 Å². The summed E-state index contributed by atoms with van der Waals surface area (Å²) in [6.07, 6.45) is -4.47. The number of fused-ring (bicyclic) bond motifs is 2. The summed E-state index contributed by atoms with van der Waals surface area (Å²) in [5, 5.41) is 21.0. The average molecular weight is 592 g/mol. The largest absolute Gasteiger partial charge is 0.558 e. The molecule has 210 valence electrons. The Morgan fingerprint density at radius 1 is 0.974 bits per heavy atom. The first-order chi connectivity index (χ1) is 18.2. The van der Waals surface area contributed by atoms with E-state index in [1.165, 1.54) is 0 Å². The van der Waals surface area contributed by atoms with Crippen molar-refractivity contribution < 1.29 is 47.3 Å². The number of nitrogens with two attached hydrogens (primary N) is 2. The van der Waals surface area contributed by atoms with Gasteiger partial charge in [0.25, 0.3) is 11.1 Å². The van der Waals surface area contributed by atoms with Crippen LogP contribution in [0.15, 0.2) is 22.2 Å². The molecule has 0 bridgehead atoms. The molecule has 39 heavy (non-hydrogen) atoms. The minimum Gasteiger partial charge on any atom is -0.387 e. The maximum atomic E-state index is 13.2. The number of aliphatic hydroxyl groups is 2. The molecule has 1 aliphatic heterocycles. The predicted molar refractivity (Wildman–Crippen MR) is 124 cm³/mol. The summed E-state index contributed by atoms with van der Waals surface area (Å²) in [4.78, 5) is 62.1. The van der Waals surface area contributed by atoms with E-state index >= 15 is 0 Å². The number of nitrogens with zero attached hydrogens (tertiary/aromatic N) is 6. The molecule has 10 N–H and O–H groups in total. The first-order valence-corrected chi connectivity index (χ1v) is 13.4. The fourth-order valence-corrected chi connectivity index (χ4v) is 5.72. The molecule has 1 saturated heterocycles. The Balaban J connectivity index is 1.40. The lowest BCUT2D eigenvalue weighted by Gasteiger charge is -2.21. The third-order valence-corrected chi connectivity index (χ3v) is 7.74. The Morgan fingerprint density at radius 2 is 1.56 bits per heavy atom. The molecule has 0 spiro atoms. The van der Waals surface area contributed by atoms with Gasteiger partial charge in [-0.05, 0) is 0 Å². The van der Waals surface area contributed by atoms with Crippen LogP contribution in [0, 0.1) is 0 Å². The summed E-state index contributed by atoms with van der Waals surface area (Å²) < 4.78 is 46.0. The number of ether oxygens (including phenoxy) is 1. The van der Waals surface area contributed by atoms with E-state index in [2.05, 4.69) is 34.2 Å². The molecule has 0 amide bonds. The maximum Gasteiger partial charge on any atom is 0.558 e. The second-order valence-corrected chi connectivity index (χ2v) is 10.9. The molecule has 1 fully saturated rings. The summed E-state index contributed by atoms with van der Waals surface area (Å²) in [5.74, 6) is -0.655. The van der Waals surface area contributed by atoms with Crippen LogP contribution in [-0.2, 0) is 22.7 Å². The SMILES string of the molecule is Nc1nc2c(ncn2OP(=O)(OC[C@H]2O[C@@H](n3cnc4c(=O)[nH]c(N)nc43)C(O)C2O)OP(=O)(O)O)c(=O)[nH]1. The monoisotopic (exact) mass is 592 g/mol. The number of aromatic amines is 2. The van der Waals surface area contributed by atoms with Crippen LogP contribution in [0.1, 0.15) is 6.23 Å². The smallest absolute Gasteiger partial charge is 0.387 e. The van der Waals surface area contributed by atoms with Crippen LogP contribution >= 0.6 is 15.6 Å². The first kappa shape index (κ1) is 26.9. The molecule has 5 atom stereocenters. The normalized spacial score (nSPS) is 23.4. The molecule has 22 nitrogen and oxygen atoms in total. The summed E-state index contributed by atoms with van der Waals surface area (Å²) in [6, 6.07) is 0. The van der Waals surface area contributed by atoms with Gasteiger partial charge in [-0.15, -0.1) is 4.73 Å². The van der Waals surface area contributed by atoms with Crippen molar-refractivity contribution >= 4 is 49.9 Å². The van der Waals surface area contributed by atoms with Crippen LogP contribution in [0.2, 0.25) is 0 Å². The number of aliphatic hydroxyl groups excluding tert-OH is 2. The van der Waals surface area contributed by atoms with Gasteiger partial charge in [0.1, 0.15) is 24.6 Å². The second kappa shape index (κ2) is 9.48. The van der Waals surface area contributed by atoms with Crippen LogP contribution < -0.4 is 27.2 Å². The van der Waals surface area contributed by atoms with Gasteiger partial charge in [-0.25, -0.2) is 19.1 Å². The van der Waals surface area contributed by atoms with Gasteiger partial charge in [-0.3, -0.25) is 28.6 Å². The van der Waals surface area contributed by atoms with E-state index in [1.807, 2.05) is 0 Å². The lowest BCUT2D eigenvalue weighted by Crippen LogP contribution is -2.34. The van der Waals surface area contributed by atoms with Crippen molar-refractivity contribution in [3.63, 3.8) is 0 Å². The zero-order valence-electron chi connectivity index (χ0n) is 19.0. The van der Waals surface area contributed by atoms with Crippen molar-refractivity contribution in [2.45, 2.75) is 24.5 Å². The molecule has 0 saturated carbocycles. The van der Waals surface area contributed by atoms with Crippen molar-refractivity contribution in [1.29, 1.82) is 0 Å². The molecule has 24 heteroatoms. The Hall–Kier alpha value is -3.72. The van der Waals surface area contributed by atoms with Crippen molar-refractivity contribution in [2.75, 3.05) is 18.1 Å². The van der Waals surface area contributed by atoms with Gasteiger partial charge < -0.3 is 40.8 Å². The summed E-state index contributed by atoms with van der Waals surface area (Å²) >= 11 is 0. The highest BCUT2D eigenvalue weighted by molar-refractivity contribution is 7.61. The number of hydrogen-bond donors (Lipinski definition) is 8.